The summed E-state index contributed by atoms with van der Waals surface area (Å²) in [6.07, 6.45) is 0. The number of ether oxygens (including phenoxy) is 2. The SMILES string of the molecule is CCN(CC(=O)Nc1cc(OC)ccc1OC)c1ccccc1. The monoisotopic (exact) mass is 314 g/mol. The Morgan fingerprint density at radius 3 is 2.43 bits per heavy atom. The summed E-state index contributed by atoms with van der Waals surface area (Å²) in [5.41, 5.74) is 1.61. The molecule has 0 aromatic heterocycles. The number of hydrogen-bond acceptors (Lipinski definition) is 4. The molecule has 1 amide bonds. The number of nitrogens with one attached hydrogen (secondary N) is 1. The lowest BCUT2D eigenvalue weighted by molar-refractivity contribution is -0.115. The van der Waals surface area contributed by atoms with Crippen LogP contribution in [0.1, 0.15) is 6.92 Å². The standard InChI is InChI=1S/C18H22N2O3/c1-4-20(14-8-6-5-7-9-14)13-18(21)19-16-12-15(22-2)10-11-17(16)23-3/h5-12H,4,13H2,1-3H3,(H,19,21). The van der Waals surface area contributed by atoms with Crippen LogP contribution in [0.2, 0.25) is 0 Å². The fourth-order valence-corrected chi connectivity index (χ4v) is 2.30. The minimum atomic E-state index is -0.109. The molecule has 0 saturated heterocycles. The van der Waals surface area contributed by atoms with Crippen molar-refractivity contribution in [3.8, 4) is 11.5 Å². The maximum absolute atomic E-state index is 12.4. The lowest BCUT2D eigenvalue weighted by atomic mass is 10.2. The fourth-order valence-electron chi connectivity index (χ4n) is 2.30. The van der Waals surface area contributed by atoms with Gasteiger partial charge in [-0.15, -0.1) is 0 Å². The molecule has 5 nitrogen and oxygen atoms in total. The van der Waals surface area contributed by atoms with Gasteiger partial charge in [0, 0.05) is 18.3 Å². The van der Waals surface area contributed by atoms with Crippen molar-refractivity contribution in [1.29, 1.82) is 0 Å². The molecule has 0 radical (unpaired) electrons. The van der Waals surface area contributed by atoms with E-state index in [0.29, 0.717) is 17.2 Å². The maximum Gasteiger partial charge on any atom is 0.243 e. The van der Waals surface area contributed by atoms with Crippen LogP contribution in [0.4, 0.5) is 11.4 Å². The van der Waals surface area contributed by atoms with E-state index in [1.807, 2.05) is 42.2 Å². The number of likely N-dealkylation sites (N-methyl/N-ethyl adjacent to an activating group) is 1. The van der Waals surface area contributed by atoms with Gasteiger partial charge < -0.3 is 19.7 Å². The zero-order valence-electron chi connectivity index (χ0n) is 13.7. The average molecular weight is 314 g/mol. The van der Waals surface area contributed by atoms with Crippen molar-refractivity contribution in [2.45, 2.75) is 6.92 Å². The predicted octanol–water partition coefficient (Wildman–Crippen LogP) is 3.17. The van der Waals surface area contributed by atoms with Crippen molar-refractivity contribution in [2.75, 3.05) is 37.5 Å². The van der Waals surface area contributed by atoms with E-state index in [9.17, 15) is 4.79 Å². The summed E-state index contributed by atoms with van der Waals surface area (Å²) in [6.45, 7) is 3.03. The van der Waals surface area contributed by atoms with Crippen molar-refractivity contribution in [1.82, 2.24) is 0 Å². The maximum atomic E-state index is 12.4. The molecule has 0 saturated carbocycles. The number of para-hydroxylation sites is 1. The van der Waals surface area contributed by atoms with Gasteiger partial charge in [0.05, 0.1) is 26.5 Å². The van der Waals surface area contributed by atoms with Gasteiger partial charge in [-0.3, -0.25) is 4.79 Å². The number of rotatable bonds is 7. The molecule has 122 valence electrons. The molecule has 0 unspecified atom stereocenters. The van der Waals surface area contributed by atoms with Crippen molar-refractivity contribution in [3.63, 3.8) is 0 Å². The summed E-state index contributed by atoms with van der Waals surface area (Å²) in [4.78, 5) is 14.4. The molecule has 0 aliphatic heterocycles. The Balaban J connectivity index is 2.09. The zero-order valence-corrected chi connectivity index (χ0v) is 13.7. The fraction of sp³-hybridized carbons (Fsp3) is 0.278. The summed E-state index contributed by atoms with van der Waals surface area (Å²) in [6, 6.07) is 15.2. The smallest absolute Gasteiger partial charge is 0.243 e. The van der Waals surface area contributed by atoms with Gasteiger partial charge in [0.15, 0.2) is 0 Å². The molecule has 0 heterocycles. The second-order valence-electron chi connectivity index (χ2n) is 4.96. The second kappa shape index (κ2) is 8.08. The number of nitrogens with zero attached hydrogens (tertiary/aromatic N) is 1. The summed E-state index contributed by atoms with van der Waals surface area (Å²) in [7, 11) is 3.15. The van der Waals surface area contributed by atoms with Gasteiger partial charge in [-0.25, -0.2) is 0 Å². The highest BCUT2D eigenvalue weighted by molar-refractivity contribution is 5.95. The first-order chi connectivity index (χ1) is 11.2. The molecule has 5 heteroatoms. The first-order valence-corrected chi connectivity index (χ1v) is 7.49. The number of anilines is 2. The summed E-state index contributed by atoms with van der Waals surface area (Å²) in [5.74, 6) is 1.15. The molecule has 23 heavy (non-hydrogen) atoms. The molecule has 0 aliphatic carbocycles. The Kier molecular flexibility index (Phi) is 5.86. The molecule has 1 N–H and O–H groups in total. The molecule has 0 aliphatic rings. The van der Waals surface area contributed by atoms with Crippen molar-refractivity contribution < 1.29 is 14.3 Å². The molecule has 0 spiro atoms. The third kappa shape index (κ3) is 4.39. The number of carbonyl (C=O) groups excluding carboxylic acids is 1. The van der Waals surface area contributed by atoms with E-state index in [1.165, 1.54) is 0 Å². The van der Waals surface area contributed by atoms with Crippen LogP contribution in [0.15, 0.2) is 48.5 Å². The van der Waals surface area contributed by atoms with Crippen LogP contribution in [0.25, 0.3) is 0 Å². The van der Waals surface area contributed by atoms with Gasteiger partial charge in [0.1, 0.15) is 11.5 Å². The van der Waals surface area contributed by atoms with Crippen molar-refractivity contribution in [3.05, 3.63) is 48.5 Å². The topological polar surface area (TPSA) is 50.8 Å². The van der Waals surface area contributed by atoms with E-state index in [2.05, 4.69) is 5.32 Å². The van der Waals surface area contributed by atoms with Crippen LogP contribution in [0.5, 0.6) is 11.5 Å². The van der Waals surface area contributed by atoms with E-state index in [1.54, 1.807) is 32.4 Å². The van der Waals surface area contributed by atoms with Crippen LogP contribution in [-0.2, 0) is 4.79 Å². The highest BCUT2D eigenvalue weighted by Crippen LogP contribution is 2.28. The zero-order chi connectivity index (χ0) is 16.7. The minimum absolute atomic E-state index is 0.109. The van der Waals surface area contributed by atoms with E-state index in [4.69, 9.17) is 9.47 Å². The van der Waals surface area contributed by atoms with Gasteiger partial charge >= 0.3 is 0 Å². The molecule has 0 atom stereocenters. The van der Waals surface area contributed by atoms with Gasteiger partial charge in [0.25, 0.3) is 0 Å². The van der Waals surface area contributed by atoms with Gasteiger partial charge in [0.2, 0.25) is 5.91 Å². The Morgan fingerprint density at radius 1 is 1.09 bits per heavy atom. The number of carbonyl (C=O) groups is 1. The van der Waals surface area contributed by atoms with Crippen LogP contribution in [0, 0.1) is 0 Å². The Hall–Kier alpha value is -2.69. The molecule has 0 bridgehead atoms. The first-order valence-electron chi connectivity index (χ1n) is 7.49. The minimum Gasteiger partial charge on any atom is -0.497 e. The van der Waals surface area contributed by atoms with Crippen LogP contribution in [-0.4, -0.2) is 33.2 Å². The Labute approximate surface area is 136 Å². The number of benzene rings is 2. The van der Waals surface area contributed by atoms with E-state index in [-0.39, 0.29) is 12.5 Å². The number of amides is 1. The van der Waals surface area contributed by atoms with Gasteiger partial charge in [-0.2, -0.15) is 0 Å². The Bertz CT molecular complexity index is 644. The van der Waals surface area contributed by atoms with Crippen molar-refractivity contribution in [2.24, 2.45) is 0 Å². The van der Waals surface area contributed by atoms with E-state index >= 15 is 0 Å². The summed E-state index contributed by atoms with van der Waals surface area (Å²) in [5, 5.41) is 2.89. The summed E-state index contributed by atoms with van der Waals surface area (Å²) < 4.78 is 10.5. The molecule has 0 fully saturated rings. The molecule has 2 aromatic rings. The molecule has 2 aromatic carbocycles. The van der Waals surface area contributed by atoms with E-state index in [0.717, 1.165) is 12.2 Å². The Morgan fingerprint density at radius 2 is 1.83 bits per heavy atom. The van der Waals surface area contributed by atoms with Crippen LogP contribution < -0.4 is 19.7 Å². The predicted molar refractivity (Wildman–Crippen MR) is 92.5 cm³/mol. The highest BCUT2D eigenvalue weighted by atomic mass is 16.5. The van der Waals surface area contributed by atoms with E-state index < -0.39 is 0 Å². The molecular weight excluding hydrogens is 292 g/mol. The lowest BCUT2D eigenvalue weighted by Gasteiger charge is -2.22. The number of hydrogen-bond donors (Lipinski definition) is 1. The third-order valence-electron chi connectivity index (χ3n) is 3.52. The lowest BCUT2D eigenvalue weighted by Crippen LogP contribution is -2.33. The molecule has 2 rings (SSSR count). The first kappa shape index (κ1) is 16.7. The van der Waals surface area contributed by atoms with Crippen molar-refractivity contribution >= 4 is 17.3 Å². The highest BCUT2D eigenvalue weighted by Gasteiger charge is 2.13. The largest absolute Gasteiger partial charge is 0.497 e. The van der Waals surface area contributed by atoms with Gasteiger partial charge in [-0.05, 0) is 31.2 Å². The van der Waals surface area contributed by atoms with Crippen LogP contribution >= 0.6 is 0 Å². The molecular formula is C18H22N2O3. The van der Waals surface area contributed by atoms with Crippen LogP contribution in [0.3, 0.4) is 0 Å². The quantitative estimate of drug-likeness (QED) is 0.853. The summed E-state index contributed by atoms with van der Waals surface area (Å²) >= 11 is 0. The normalized spacial score (nSPS) is 10.0. The van der Waals surface area contributed by atoms with Gasteiger partial charge in [-0.1, -0.05) is 18.2 Å². The third-order valence-corrected chi connectivity index (χ3v) is 3.52. The number of methoxy groups -OCH3 is 2. The second-order valence-corrected chi connectivity index (χ2v) is 4.96. The average Bonchev–Trinajstić information content (AvgIpc) is 2.60.